The van der Waals surface area contributed by atoms with Crippen molar-refractivity contribution in [1.29, 1.82) is 0 Å². The molecular weight excluding hydrogens is 188 g/mol. The average Bonchev–Trinajstić information content (AvgIpc) is 2.29. The van der Waals surface area contributed by atoms with E-state index in [0.29, 0.717) is 0 Å². The highest BCUT2D eigenvalue weighted by atomic mass is 16.5. The van der Waals surface area contributed by atoms with Crippen molar-refractivity contribution >= 4 is 0 Å². The molecule has 3 nitrogen and oxygen atoms in total. The molecule has 0 amide bonds. The summed E-state index contributed by atoms with van der Waals surface area (Å²) in [5.41, 5.74) is 3.88. The lowest BCUT2D eigenvalue weighted by Gasteiger charge is -2.11. The molecule has 0 aromatic heterocycles. The third kappa shape index (κ3) is 3.90. The minimum atomic E-state index is 0.176. The van der Waals surface area contributed by atoms with Crippen molar-refractivity contribution in [3.63, 3.8) is 0 Å². The Morgan fingerprint density at radius 3 is 2.53 bits per heavy atom. The van der Waals surface area contributed by atoms with E-state index in [4.69, 9.17) is 10.6 Å². The summed E-state index contributed by atoms with van der Waals surface area (Å²) in [5.74, 6) is 6.29. The summed E-state index contributed by atoms with van der Waals surface area (Å²) < 4.78 is 5.56. The molecule has 0 saturated carbocycles. The van der Waals surface area contributed by atoms with Crippen LogP contribution in [0.2, 0.25) is 0 Å². The smallest absolute Gasteiger partial charge is 0.119 e. The molecule has 0 radical (unpaired) electrons. The van der Waals surface area contributed by atoms with Crippen molar-refractivity contribution in [2.75, 3.05) is 6.61 Å². The largest absolute Gasteiger partial charge is 0.494 e. The summed E-state index contributed by atoms with van der Waals surface area (Å²) in [6.45, 7) is 4.97. The third-order valence-electron chi connectivity index (χ3n) is 2.40. The number of nitrogens with two attached hydrogens (primary N) is 1. The normalized spacial score (nSPS) is 12.5. The number of benzene rings is 1. The van der Waals surface area contributed by atoms with Crippen LogP contribution < -0.4 is 16.0 Å². The molecule has 0 bridgehead atoms. The molecule has 1 rings (SSSR count). The van der Waals surface area contributed by atoms with Crippen LogP contribution in [0.1, 0.15) is 38.3 Å². The van der Waals surface area contributed by atoms with Crippen LogP contribution in [0.5, 0.6) is 5.75 Å². The fraction of sp³-hybridized carbons (Fsp3) is 0.500. The van der Waals surface area contributed by atoms with Gasteiger partial charge in [-0.2, -0.15) is 0 Å². The van der Waals surface area contributed by atoms with E-state index in [9.17, 15) is 0 Å². The molecule has 0 saturated heterocycles. The molecule has 0 spiro atoms. The summed E-state index contributed by atoms with van der Waals surface area (Å²) in [6, 6.07) is 8.21. The molecule has 0 heterocycles. The second-order valence-corrected chi connectivity index (χ2v) is 3.66. The first-order chi connectivity index (χ1) is 7.27. The molecule has 0 aliphatic carbocycles. The maximum Gasteiger partial charge on any atom is 0.119 e. The summed E-state index contributed by atoms with van der Waals surface area (Å²) in [5, 5.41) is 0. The minimum Gasteiger partial charge on any atom is -0.494 e. The van der Waals surface area contributed by atoms with E-state index in [-0.39, 0.29) is 6.04 Å². The van der Waals surface area contributed by atoms with Gasteiger partial charge in [0, 0.05) is 6.04 Å². The Morgan fingerprint density at radius 1 is 1.33 bits per heavy atom. The summed E-state index contributed by atoms with van der Waals surface area (Å²) in [6.07, 6.45) is 2.26. The van der Waals surface area contributed by atoms with Crippen molar-refractivity contribution in [2.45, 2.75) is 32.7 Å². The fourth-order valence-corrected chi connectivity index (χ4v) is 1.28. The van der Waals surface area contributed by atoms with Crippen molar-refractivity contribution in [2.24, 2.45) is 5.84 Å². The first-order valence-electron chi connectivity index (χ1n) is 5.46. The van der Waals surface area contributed by atoms with Gasteiger partial charge < -0.3 is 4.74 Å². The Bertz CT molecular complexity index is 271. The zero-order valence-corrected chi connectivity index (χ0v) is 9.49. The van der Waals surface area contributed by atoms with Crippen molar-refractivity contribution in [3.05, 3.63) is 29.8 Å². The molecule has 1 aromatic rings. The van der Waals surface area contributed by atoms with Gasteiger partial charge in [-0.15, -0.1) is 0 Å². The Hall–Kier alpha value is -1.06. The zero-order chi connectivity index (χ0) is 11.1. The van der Waals surface area contributed by atoms with E-state index in [2.05, 4.69) is 12.3 Å². The van der Waals surface area contributed by atoms with Crippen LogP contribution in [0, 0.1) is 0 Å². The second-order valence-electron chi connectivity index (χ2n) is 3.66. The molecular formula is C12H20N2O. The lowest BCUT2D eigenvalue weighted by atomic mass is 10.1. The van der Waals surface area contributed by atoms with Crippen molar-refractivity contribution in [1.82, 2.24) is 5.43 Å². The standard InChI is InChI=1S/C12H20N2O/c1-3-4-9-15-12-7-5-11(6-8-12)10(2)14-13/h5-8,10,14H,3-4,9,13H2,1-2H3/t10-/m1/s1. The van der Waals surface area contributed by atoms with Gasteiger partial charge in [-0.25, -0.2) is 0 Å². The molecule has 0 unspecified atom stereocenters. The van der Waals surface area contributed by atoms with Crippen LogP contribution in [0.15, 0.2) is 24.3 Å². The third-order valence-corrected chi connectivity index (χ3v) is 2.40. The maximum absolute atomic E-state index is 5.56. The van der Waals surface area contributed by atoms with Crippen molar-refractivity contribution < 1.29 is 4.74 Å². The predicted molar refractivity (Wildman–Crippen MR) is 62.6 cm³/mol. The Morgan fingerprint density at radius 2 is 2.00 bits per heavy atom. The SMILES string of the molecule is CCCCOc1ccc([C@@H](C)NN)cc1. The van der Waals surface area contributed by atoms with Gasteiger partial charge in [0.2, 0.25) is 0 Å². The number of hydrogen-bond acceptors (Lipinski definition) is 3. The van der Waals surface area contributed by atoms with E-state index < -0.39 is 0 Å². The maximum atomic E-state index is 5.56. The Labute approximate surface area is 91.6 Å². The van der Waals surface area contributed by atoms with Crippen LogP contribution in [0.3, 0.4) is 0 Å². The van der Waals surface area contributed by atoms with Gasteiger partial charge in [0.1, 0.15) is 5.75 Å². The Kier molecular flexibility index (Phi) is 5.15. The molecule has 1 atom stereocenters. The van der Waals surface area contributed by atoms with Gasteiger partial charge in [0.05, 0.1) is 6.61 Å². The lowest BCUT2D eigenvalue weighted by Crippen LogP contribution is -2.25. The number of rotatable bonds is 6. The highest BCUT2D eigenvalue weighted by Gasteiger charge is 2.02. The van der Waals surface area contributed by atoms with Gasteiger partial charge in [0.25, 0.3) is 0 Å². The first-order valence-corrected chi connectivity index (χ1v) is 5.46. The van der Waals surface area contributed by atoms with Crippen LogP contribution >= 0.6 is 0 Å². The fourth-order valence-electron chi connectivity index (χ4n) is 1.28. The van der Waals surface area contributed by atoms with Gasteiger partial charge in [-0.05, 0) is 31.0 Å². The Balaban J connectivity index is 2.49. The van der Waals surface area contributed by atoms with E-state index in [1.165, 1.54) is 5.56 Å². The van der Waals surface area contributed by atoms with Gasteiger partial charge in [0.15, 0.2) is 0 Å². The van der Waals surface area contributed by atoms with Gasteiger partial charge in [-0.3, -0.25) is 11.3 Å². The molecule has 15 heavy (non-hydrogen) atoms. The average molecular weight is 208 g/mol. The number of hydrogen-bond donors (Lipinski definition) is 2. The molecule has 3 heteroatoms. The quantitative estimate of drug-likeness (QED) is 0.428. The number of ether oxygens (including phenoxy) is 1. The highest BCUT2D eigenvalue weighted by molar-refractivity contribution is 5.28. The lowest BCUT2D eigenvalue weighted by molar-refractivity contribution is 0.309. The monoisotopic (exact) mass is 208 g/mol. The molecule has 3 N–H and O–H groups in total. The van der Waals surface area contributed by atoms with E-state index in [0.717, 1.165) is 25.2 Å². The minimum absolute atomic E-state index is 0.176. The second kappa shape index (κ2) is 6.43. The van der Waals surface area contributed by atoms with E-state index in [1.54, 1.807) is 0 Å². The highest BCUT2D eigenvalue weighted by Crippen LogP contribution is 2.17. The number of nitrogens with one attached hydrogen (secondary N) is 1. The van der Waals surface area contributed by atoms with Gasteiger partial charge in [-0.1, -0.05) is 25.5 Å². The molecule has 0 fully saturated rings. The predicted octanol–water partition coefficient (Wildman–Crippen LogP) is 2.39. The molecule has 0 aliphatic heterocycles. The summed E-state index contributed by atoms with van der Waals surface area (Å²) in [7, 11) is 0. The van der Waals surface area contributed by atoms with Gasteiger partial charge >= 0.3 is 0 Å². The molecule has 0 aliphatic rings. The zero-order valence-electron chi connectivity index (χ0n) is 9.49. The summed E-state index contributed by atoms with van der Waals surface area (Å²) >= 11 is 0. The van der Waals surface area contributed by atoms with E-state index >= 15 is 0 Å². The van der Waals surface area contributed by atoms with E-state index in [1.807, 2.05) is 31.2 Å². The number of hydrazine groups is 1. The topological polar surface area (TPSA) is 47.3 Å². The number of unbranched alkanes of at least 4 members (excludes halogenated alkanes) is 1. The van der Waals surface area contributed by atoms with Crippen LogP contribution in [-0.2, 0) is 0 Å². The summed E-state index contributed by atoms with van der Waals surface area (Å²) in [4.78, 5) is 0. The van der Waals surface area contributed by atoms with Crippen LogP contribution in [-0.4, -0.2) is 6.61 Å². The molecule has 84 valence electrons. The van der Waals surface area contributed by atoms with Crippen LogP contribution in [0.4, 0.5) is 0 Å². The van der Waals surface area contributed by atoms with Crippen LogP contribution in [0.25, 0.3) is 0 Å². The first kappa shape index (κ1) is 12.0. The molecule has 1 aromatic carbocycles. The van der Waals surface area contributed by atoms with Crippen molar-refractivity contribution in [3.8, 4) is 5.75 Å².